The van der Waals surface area contributed by atoms with Crippen LogP contribution in [0, 0.1) is 18.3 Å². The van der Waals surface area contributed by atoms with Gasteiger partial charge in [0.15, 0.2) is 16.9 Å². The molecule has 0 saturated heterocycles. The van der Waals surface area contributed by atoms with E-state index in [4.69, 9.17) is 4.55 Å². The fourth-order valence-electron chi connectivity index (χ4n) is 3.86. The Morgan fingerprint density at radius 1 is 1.00 bits per heavy atom. The molecule has 1 aromatic heterocycles. The van der Waals surface area contributed by atoms with Crippen LogP contribution in [0.2, 0.25) is 0 Å². The number of fused-ring (bicyclic) bond motifs is 1. The van der Waals surface area contributed by atoms with E-state index in [1.807, 2.05) is 6.07 Å². The van der Waals surface area contributed by atoms with Crippen molar-refractivity contribution in [3.63, 3.8) is 0 Å². The first-order valence-corrected chi connectivity index (χ1v) is 18.6. The maximum absolute atomic E-state index is 12.3. The Hall–Kier alpha value is -3.57. The van der Waals surface area contributed by atoms with Gasteiger partial charge in [-0.25, -0.2) is 9.19 Å². The normalized spacial score (nSPS) is 14.1. The van der Waals surface area contributed by atoms with E-state index >= 15 is 0 Å². The van der Waals surface area contributed by atoms with Gasteiger partial charge in [0.2, 0.25) is 0 Å². The van der Waals surface area contributed by atoms with Crippen LogP contribution in [0.5, 0.6) is 0 Å². The standard InChI is InChI=1S/C23H24N6O12S5/c1-3-42(30)7-5-26-23-21(13(2)17(12-24)22(27-23)25-4-6-41-44(33)34)29-28-18-11-16-14(9-20(18)46(38,39)40)8-15(43(31)32)10-19(16)45(35,36)37/h3,8-11H,1,4-7H2,2H3,(H,31,32)(H,33,34)(H2,25,26,27)(H,35,36,37)(H,38,39,40). The molecule has 46 heavy (non-hydrogen) atoms. The van der Waals surface area contributed by atoms with Crippen LogP contribution in [-0.2, 0) is 57.7 Å². The summed E-state index contributed by atoms with van der Waals surface area (Å²) in [5, 5.41) is 24.0. The molecule has 248 valence electrons. The second-order valence-corrected chi connectivity index (χ2v) is 14.7. The van der Waals surface area contributed by atoms with E-state index in [0.717, 1.165) is 18.2 Å². The third kappa shape index (κ3) is 9.25. The van der Waals surface area contributed by atoms with Crippen LogP contribution in [0.4, 0.5) is 23.0 Å². The van der Waals surface area contributed by atoms with E-state index in [0.29, 0.717) is 6.07 Å². The van der Waals surface area contributed by atoms with Crippen LogP contribution < -0.4 is 10.6 Å². The summed E-state index contributed by atoms with van der Waals surface area (Å²) in [5.74, 6) is -0.00719. The van der Waals surface area contributed by atoms with Crippen LogP contribution in [0.1, 0.15) is 11.1 Å². The molecule has 3 rings (SSSR count). The van der Waals surface area contributed by atoms with Crippen LogP contribution in [0.25, 0.3) is 10.8 Å². The number of benzene rings is 2. The Balaban J connectivity index is 2.26. The molecule has 0 amide bonds. The summed E-state index contributed by atoms with van der Waals surface area (Å²) >= 11 is -5.28. The molecule has 0 fully saturated rings. The first kappa shape index (κ1) is 36.9. The number of azo groups is 1. The van der Waals surface area contributed by atoms with Crippen molar-refractivity contribution in [3.05, 3.63) is 47.4 Å². The van der Waals surface area contributed by atoms with Crippen LogP contribution in [0.3, 0.4) is 0 Å². The molecule has 0 aliphatic heterocycles. The van der Waals surface area contributed by atoms with Gasteiger partial charge in [-0.1, -0.05) is 6.58 Å². The molecular formula is C23H24N6O12S5. The molecule has 0 aliphatic carbocycles. The average Bonchev–Trinajstić information content (AvgIpc) is 2.96. The molecule has 0 saturated carbocycles. The third-order valence-corrected chi connectivity index (χ3v) is 9.63. The minimum Gasteiger partial charge on any atom is -0.367 e. The highest BCUT2D eigenvalue weighted by Gasteiger charge is 2.24. The summed E-state index contributed by atoms with van der Waals surface area (Å²) in [7, 11) is -11.6. The highest BCUT2D eigenvalue weighted by atomic mass is 32.2. The summed E-state index contributed by atoms with van der Waals surface area (Å²) < 4.78 is 126. The summed E-state index contributed by atoms with van der Waals surface area (Å²) in [6.45, 7) is 4.58. The largest absolute Gasteiger partial charge is 0.367 e. The van der Waals surface area contributed by atoms with Crippen LogP contribution in [0.15, 0.2) is 61.2 Å². The zero-order valence-electron chi connectivity index (χ0n) is 23.3. The van der Waals surface area contributed by atoms with Crippen molar-refractivity contribution in [3.8, 4) is 6.07 Å². The Morgan fingerprint density at radius 3 is 2.22 bits per heavy atom. The SMILES string of the molecule is C=CS(=O)CCNc1nc(NCCOS(=O)O)c(C#N)c(C)c1N=Nc1cc2c(S(=O)(=O)O)cc(S(=O)O)cc2cc1S(=O)(=O)O. The number of hydrogen-bond acceptors (Lipinski definition) is 14. The number of rotatable bonds is 15. The van der Waals surface area contributed by atoms with E-state index < -0.39 is 73.9 Å². The summed E-state index contributed by atoms with van der Waals surface area (Å²) in [6, 6.07) is 5.19. The molecule has 6 N–H and O–H groups in total. The molecule has 23 heteroatoms. The van der Waals surface area contributed by atoms with Gasteiger partial charge in [-0.15, -0.1) is 10.2 Å². The summed E-state index contributed by atoms with van der Waals surface area (Å²) in [5.41, 5.74) is -0.719. The molecule has 2 aromatic carbocycles. The topological polar surface area (TPSA) is 295 Å². The smallest absolute Gasteiger partial charge is 0.301 e. The molecule has 0 aliphatic rings. The highest BCUT2D eigenvalue weighted by molar-refractivity contribution is 7.88. The van der Waals surface area contributed by atoms with Crippen molar-refractivity contribution in [2.24, 2.45) is 10.2 Å². The Bertz CT molecular complexity index is 2060. The minimum atomic E-state index is -5.09. The summed E-state index contributed by atoms with van der Waals surface area (Å²) in [4.78, 5) is 2.04. The third-order valence-electron chi connectivity index (χ3n) is 5.87. The van der Waals surface area contributed by atoms with Crippen LogP contribution >= 0.6 is 0 Å². The Kier molecular flexibility index (Phi) is 12.3. The van der Waals surface area contributed by atoms with E-state index in [-0.39, 0.29) is 64.7 Å². The van der Waals surface area contributed by atoms with E-state index in [1.165, 1.54) is 12.3 Å². The van der Waals surface area contributed by atoms with E-state index in [1.54, 1.807) is 0 Å². The van der Waals surface area contributed by atoms with Crippen molar-refractivity contribution in [2.45, 2.75) is 21.6 Å². The Morgan fingerprint density at radius 2 is 1.65 bits per heavy atom. The van der Waals surface area contributed by atoms with Crippen molar-refractivity contribution in [1.29, 1.82) is 5.26 Å². The van der Waals surface area contributed by atoms with Crippen LogP contribution in [-0.4, -0.2) is 78.1 Å². The maximum atomic E-state index is 12.3. The fourth-order valence-corrected chi connectivity index (χ4v) is 6.45. The number of hydrogen-bond donors (Lipinski definition) is 6. The van der Waals surface area contributed by atoms with Gasteiger partial charge in [0.05, 0.1) is 17.1 Å². The van der Waals surface area contributed by atoms with Gasteiger partial charge in [-0.2, -0.15) is 26.3 Å². The summed E-state index contributed by atoms with van der Waals surface area (Å²) in [6.07, 6.45) is 0. The quantitative estimate of drug-likeness (QED) is 0.0566. The number of nitrogens with one attached hydrogen (secondary N) is 2. The molecule has 0 radical (unpaired) electrons. The van der Waals surface area contributed by atoms with Gasteiger partial charge in [0, 0.05) is 40.6 Å². The predicted octanol–water partition coefficient (Wildman–Crippen LogP) is 2.77. The van der Waals surface area contributed by atoms with Gasteiger partial charge in [-0.3, -0.25) is 22.1 Å². The van der Waals surface area contributed by atoms with Gasteiger partial charge in [0.25, 0.3) is 20.2 Å². The average molecular weight is 737 g/mol. The monoisotopic (exact) mass is 736 g/mol. The van der Waals surface area contributed by atoms with Crippen molar-refractivity contribution in [2.75, 3.05) is 36.1 Å². The molecule has 18 nitrogen and oxygen atoms in total. The van der Waals surface area contributed by atoms with Gasteiger partial charge >= 0.3 is 11.4 Å². The number of nitrogens with zero attached hydrogens (tertiary/aromatic N) is 4. The van der Waals surface area contributed by atoms with E-state index in [9.17, 15) is 48.4 Å². The number of pyridine rings is 1. The fraction of sp³-hybridized carbons (Fsp3) is 0.217. The molecule has 3 unspecified atom stereocenters. The zero-order chi connectivity index (χ0) is 34.4. The number of aromatic nitrogens is 1. The molecular weight excluding hydrogens is 713 g/mol. The lowest BCUT2D eigenvalue weighted by Gasteiger charge is -2.15. The molecule has 1 heterocycles. The lowest BCUT2D eigenvalue weighted by atomic mass is 10.1. The number of nitriles is 1. The van der Waals surface area contributed by atoms with Gasteiger partial charge in [0.1, 0.15) is 33.1 Å². The Labute approximate surface area is 269 Å². The second kappa shape index (κ2) is 15.3. The zero-order valence-corrected chi connectivity index (χ0v) is 27.4. The molecule has 0 bridgehead atoms. The molecule has 3 aromatic rings. The minimum absolute atomic E-state index is 0.0159. The highest BCUT2D eigenvalue weighted by Crippen LogP contribution is 2.38. The first-order valence-electron chi connectivity index (χ1n) is 12.2. The van der Waals surface area contributed by atoms with Gasteiger partial charge < -0.3 is 15.2 Å². The van der Waals surface area contributed by atoms with Crippen molar-refractivity contribution >= 4 is 87.3 Å². The van der Waals surface area contributed by atoms with Gasteiger partial charge in [-0.05, 0) is 42.0 Å². The molecule has 0 spiro atoms. The second-order valence-electron chi connectivity index (χ2n) is 8.78. The van der Waals surface area contributed by atoms with Crippen molar-refractivity contribution < 1.29 is 51.9 Å². The molecule has 3 atom stereocenters. The van der Waals surface area contributed by atoms with E-state index in [2.05, 4.69) is 36.6 Å². The van der Waals surface area contributed by atoms with Crippen molar-refractivity contribution in [1.82, 2.24) is 4.98 Å². The predicted molar refractivity (Wildman–Crippen MR) is 167 cm³/mol. The lowest BCUT2D eigenvalue weighted by molar-refractivity contribution is 0.319. The maximum Gasteiger partial charge on any atom is 0.301 e. The number of anilines is 2. The lowest BCUT2D eigenvalue weighted by Crippen LogP contribution is -2.15. The first-order chi connectivity index (χ1) is 21.5.